The van der Waals surface area contributed by atoms with Crippen LogP contribution in [0.5, 0.6) is 0 Å². The molecule has 0 radical (unpaired) electrons. The highest BCUT2D eigenvalue weighted by atomic mass is 14.7. The van der Waals surface area contributed by atoms with E-state index < -0.39 is 0 Å². The SMILES string of the molecule is C=C1CC[C@@]23CCC[C@@]12[C@@H](C)CC3. The van der Waals surface area contributed by atoms with E-state index in [1.54, 1.807) is 5.57 Å². The van der Waals surface area contributed by atoms with Crippen molar-refractivity contribution in [3.8, 4) is 0 Å². The van der Waals surface area contributed by atoms with Gasteiger partial charge in [-0.25, -0.2) is 0 Å². The molecule has 0 bridgehead atoms. The summed E-state index contributed by atoms with van der Waals surface area (Å²) in [5, 5.41) is 0. The van der Waals surface area contributed by atoms with Crippen molar-refractivity contribution in [3.63, 3.8) is 0 Å². The van der Waals surface area contributed by atoms with Crippen molar-refractivity contribution in [2.75, 3.05) is 0 Å². The van der Waals surface area contributed by atoms with Crippen LogP contribution in [0.15, 0.2) is 12.2 Å². The first-order valence-corrected chi connectivity index (χ1v) is 5.90. The molecule has 0 aromatic rings. The lowest BCUT2D eigenvalue weighted by molar-refractivity contribution is 0.151. The van der Waals surface area contributed by atoms with Crippen LogP contribution in [0.1, 0.15) is 51.9 Å². The van der Waals surface area contributed by atoms with Gasteiger partial charge in [-0.1, -0.05) is 25.5 Å². The second kappa shape index (κ2) is 2.21. The second-order valence-electron chi connectivity index (χ2n) is 5.65. The summed E-state index contributed by atoms with van der Waals surface area (Å²) in [6.07, 6.45) is 10.2. The largest absolute Gasteiger partial charge is 0.0993 e. The lowest BCUT2D eigenvalue weighted by Gasteiger charge is -2.38. The molecule has 0 saturated heterocycles. The molecule has 13 heavy (non-hydrogen) atoms. The maximum absolute atomic E-state index is 4.38. The van der Waals surface area contributed by atoms with Crippen molar-refractivity contribution in [3.05, 3.63) is 12.2 Å². The van der Waals surface area contributed by atoms with E-state index in [1.807, 2.05) is 0 Å². The van der Waals surface area contributed by atoms with Gasteiger partial charge < -0.3 is 0 Å². The third kappa shape index (κ3) is 0.671. The van der Waals surface area contributed by atoms with Crippen molar-refractivity contribution in [1.29, 1.82) is 0 Å². The molecule has 0 unspecified atom stereocenters. The van der Waals surface area contributed by atoms with Crippen molar-refractivity contribution < 1.29 is 0 Å². The van der Waals surface area contributed by atoms with Gasteiger partial charge in [0.25, 0.3) is 0 Å². The van der Waals surface area contributed by atoms with Crippen LogP contribution in [0.4, 0.5) is 0 Å². The van der Waals surface area contributed by atoms with Gasteiger partial charge in [0.1, 0.15) is 0 Å². The van der Waals surface area contributed by atoms with E-state index in [1.165, 1.54) is 44.9 Å². The van der Waals surface area contributed by atoms with Gasteiger partial charge in [-0.2, -0.15) is 0 Å². The topological polar surface area (TPSA) is 0 Å². The average Bonchev–Trinajstić information content (AvgIpc) is 2.67. The second-order valence-corrected chi connectivity index (χ2v) is 5.65. The van der Waals surface area contributed by atoms with Gasteiger partial charge in [0.2, 0.25) is 0 Å². The van der Waals surface area contributed by atoms with E-state index in [0.717, 1.165) is 11.3 Å². The fourth-order valence-corrected chi connectivity index (χ4v) is 5.04. The molecular weight excluding hydrogens is 156 g/mol. The molecule has 3 aliphatic carbocycles. The van der Waals surface area contributed by atoms with Crippen molar-refractivity contribution in [2.24, 2.45) is 16.7 Å². The molecule has 0 heterocycles. The maximum Gasteiger partial charge on any atom is -0.000870 e. The van der Waals surface area contributed by atoms with E-state index >= 15 is 0 Å². The highest BCUT2D eigenvalue weighted by Crippen LogP contribution is 2.74. The molecular formula is C13H20. The summed E-state index contributed by atoms with van der Waals surface area (Å²) < 4.78 is 0. The number of hydrogen-bond donors (Lipinski definition) is 0. The van der Waals surface area contributed by atoms with Gasteiger partial charge in [0.05, 0.1) is 0 Å². The van der Waals surface area contributed by atoms with E-state index in [-0.39, 0.29) is 0 Å². The molecule has 3 atom stereocenters. The minimum absolute atomic E-state index is 0.618. The number of allylic oxidation sites excluding steroid dienone is 1. The van der Waals surface area contributed by atoms with E-state index in [4.69, 9.17) is 0 Å². The molecule has 3 rings (SSSR count). The summed E-state index contributed by atoms with van der Waals surface area (Å²) in [5.74, 6) is 0.935. The summed E-state index contributed by atoms with van der Waals surface area (Å²) >= 11 is 0. The molecule has 0 aromatic carbocycles. The van der Waals surface area contributed by atoms with E-state index in [0.29, 0.717) is 5.41 Å². The highest BCUT2D eigenvalue weighted by molar-refractivity contribution is 5.29. The van der Waals surface area contributed by atoms with Crippen LogP contribution in [-0.4, -0.2) is 0 Å². The summed E-state index contributed by atoms with van der Waals surface area (Å²) in [5.41, 5.74) is 2.98. The first kappa shape index (κ1) is 8.08. The Morgan fingerprint density at radius 3 is 2.85 bits per heavy atom. The van der Waals surface area contributed by atoms with Gasteiger partial charge >= 0.3 is 0 Å². The van der Waals surface area contributed by atoms with Crippen molar-refractivity contribution >= 4 is 0 Å². The Hall–Kier alpha value is -0.260. The van der Waals surface area contributed by atoms with Crippen LogP contribution < -0.4 is 0 Å². The van der Waals surface area contributed by atoms with Crippen LogP contribution >= 0.6 is 0 Å². The molecule has 72 valence electrons. The number of hydrogen-bond acceptors (Lipinski definition) is 0. The first-order valence-electron chi connectivity index (χ1n) is 5.90. The van der Waals surface area contributed by atoms with Crippen LogP contribution in [-0.2, 0) is 0 Å². The Balaban J connectivity index is 2.15. The Morgan fingerprint density at radius 1 is 1.23 bits per heavy atom. The van der Waals surface area contributed by atoms with Crippen molar-refractivity contribution in [2.45, 2.75) is 51.9 Å². The smallest absolute Gasteiger partial charge is 0.000870 e. The molecule has 3 aliphatic rings. The minimum atomic E-state index is 0.618. The third-order valence-corrected chi connectivity index (χ3v) is 5.61. The fourth-order valence-electron chi connectivity index (χ4n) is 5.04. The van der Waals surface area contributed by atoms with Gasteiger partial charge in [-0.15, -0.1) is 0 Å². The van der Waals surface area contributed by atoms with Crippen LogP contribution in [0.2, 0.25) is 0 Å². The van der Waals surface area contributed by atoms with Gasteiger partial charge in [-0.3, -0.25) is 0 Å². The van der Waals surface area contributed by atoms with E-state index in [9.17, 15) is 0 Å². The van der Waals surface area contributed by atoms with Crippen LogP contribution in [0, 0.1) is 16.7 Å². The summed E-state index contributed by atoms with van der Waals surface area (Å²) in [7, 11) is 0. The molecule has 3 fully saturated rings. The molecule has 0 nitrogen and oxygen atoms in total. The Labute approximate surface area is 81.4 Å². The Bertz CT molecular complexity index is 265. The third-order valence-electron chi connectivity index (χ3n) is 5.61. The molecule has 0 heteroatoms. The van der Waals surface area contributed by atoms with Gasteiger partial charge in [0, 0.05) is 0 Å². The zero-order valence-corrected chi connectivity index (χ0v) is 8.73. The average molecular weight is 176 g/mol. The standard InChI is InChI=1S/C13H20/c1-10-4-8-12-6-3-7-13(10,12)11(2)5-9-12/h11H,1,3-9H2,2H3/t11-,12+,13-/m0/s1. The minimum Gasteiger partial charge on any atom is -0.0993 e. The highest BCUT2D eigenvalue weighted by Gasteiger charge is 2.64. The lowest BCUT2D eigenvalue weighted by atomic mass is 9.66. The van der Waals surface area contributed by atoms with Crippen molar-refractivity contribution in [1.82, 2.24) is 0 Å². The van der Waals surface area contributed by atoms with E-state index in [2.05, 4.69) is 13.5 Å². The van der Waals surface area contributed by atoms with Gasteiger partial charge in [0.15, 0.2) is 0 Å². The molecule has 0 aliphatic heterocycles. The maximum atomic E-state index is 4.38. The molecule has 3 saturated carbocycles. The Kier molecular flexibility index (Phi) is 1.38. The summed E-state index contributed by atoms with van der Waals surface area (Å²) in [6, 6.07) is 0. The predicted molar refractivity (Wildman–Crippen MR) is 55.5 cm³/mol. The zero-order chi connectivity index (χ0) is 9.10. The lowest BCUT2D eigenvalue weighted by Crippen LogP contribution is -2.31. The number of rotatable bonds is 0. The molecule has 0 N–H and O–H groups in total. The summed E-state index contributed by atoms with van der Waals surface area (Å²) in [4.78, 5) is 0. The summed E-state index contributed by atoms with van der Waals surface area (Å²) in [6.45, 7) is 6.85. The molecule has 0 aromatic heterocycles. The van der Waals surface area contributed by atoms with Crippen LogP contribution in [0.25, 0.3) is 0 Å². The fraction of sp³-hybridized carbons (Fsp3) is 0.846. The van der Waals surface area contributed by atoms with Crippen LogP contribution in [0.3, 0.4) is 0 Å². The normalized spacial score (nSPS) is 53.9. The van der Waals surface area contributed by atoms with Gasteiger partial charge in [-0.05, 0) is 55.3 Å². The monoisotopic (exact) mass is 176 g/mol. The first-order chi connectivity index (χ1) is 6.21. The molecule has 0 amide bonds. The zero-order valence-electron chi connectivity index (χ0n) is 8.73. The molecule has 0 spiro atoms. The Morgan fingerprint density at radius 2 is 2.08 bits per heavy atom. The quantitative estimate of drug-likeness (QED) is 0.491. The predicted octanol–water partition coefficient (Wildman–Crippen LogP) is 3.92.